The summed E-state index contributed by atoms with van der Waals surface area (Å²) in [6.45, 7) is 3.30. The molecule has 0 saturated carbocycles. The first-order valence-electron chi connectivity index (χ1n) is 9.14. The molecule has 1 fully saturated rings. The smallest absolute Gasteiger partial charge is 0.133 e. The second kappa shape index (κ2) is 10.1. The van der Waals surface area contributed by atoms with Crippen molar-refractivity contribution in [3.8, 4) is 5.75 Å². The second-order valence-electron chi connectivity index (χ2n) is 6.71. The number of hydrogen-bond acceptors (Lipinski definition) is 4. The van der Waals surface area contributed by atoms with Crippen LogP contribution in [0.15, 0.2) is 59.1 Å². The van der Waals surface area contributed by atoms with Crippen molar-refractivity contribution in [1.29, 1.82) is 0 Å². The predicted molar refractivity (Wildman–Crippen MR) is 106 cm³/mol. The van der Waals surface area contributed by atoms with Crippen LogP contribution in [0.1, 0.15) is 18.4 Å². The van der Waals surface area contributed by atoms with Gasteiger partial charge in [-0.2, -0.15) is 0 Å². The van der Waals surface area contributed by atoms with Gasteiger partial charge in [-0.15, -0.1) is 0 Å². The van der Waals surface area contributed by atoms with Crippen molar-refractivity contribution in [2.45, 2.75) is 31.6 Å². The van der Waals surface area contributed by atoms with Gasteiger partial charge in [-0.25, -0.2) is 0 Å². The van der Waals surface area contributed by atoms with Crippen LogP contribution < -0.4 is 4.74 Å². The number of benzene rings is 2. The monoisotopic (exact) mass is 419 g/mol. The van der Waals surface area contributed by atoms with Crippen molar-refractivity contribution in [3.63, 3.8) is 0 Å². The van der Waals surface area contributed by atoms with E-state index in [-0.39, 0.29) is 12.7 Å². The van der Waals surface area contributed by atoms with Gasteiger partial charge in [0.2, 0.25) is 0 Å². The van der Waals surface area contributed by atoms with Gasteiger partial charge in [0.15, 0.2) is 0 Å². The molecule has 3 rings (SSSR count). The molecular weight excluding hydrogens is 394 g/mol. The Morgan fingerprint density at radius 3 is 2.65 bits per heavy atom. The van der Waals surface area contributed by atoms with E-state index >= 15 is 0 Å². The van der Waals surface area contributed by atoms with Crippen LogP contribution in [0.25, 0.3) is 0 Å². The summed E-state index contributed by atoms with van der Waals surface area (Å²) in [5.41, 5.74) is 1.24. The lowest BCUT2D eigenvalue weighted by molar-refractivity contribution is 0.0312. The molecule has 2 aromatic rings. The molecule has 0 bridgehead atoms. The van der Waals surface area contributed by atoms with Gasteiger partial charge in [-0.3, -0.25) is 4.90 Å². The molecule has 0 aromatic heterocycles. The van der Waals surface area contributed by atoms with Crippen molar-refractivity contribution in [2.75, 3.05) is 26.3 Å². The molecule has 1 heterocycles. The fraction of sp³-hybridized carbons (Fsp3) is 0.429. The Balaban J connectivity index is 1.55. The van der Waals surface area contributed by atoms with Crippen LogP contribution in [-0.4, -0.2) is 48.5 Å². The topological polar surface area (TPSA) is 41.9 Å². The van der Waals surface area contributed by atoms with E-state index < -0.39 is 6.10 Å². The lowest BCUT2D eigenvalue weighted by Gasteiger charge is -2.27. The number of ether oxygens (including phenoxy) is 2. The van der Waals surface area contributed by atoms with Crippen molar-refractivity contribution < 1.29 is 14.6 Å². The van der Waals surface area contributed by atoms with Gasteiger partial charge in [0.25, 0.3) is 0 Å². The third-order valence-electron chi connectivity index (χ3n) is 4.47. The lowest BCUT2D eigenvalue weighted by Crippen LogP contribution is -2.39. The Kier molecular flexibility index (Phi) is 7.50. The highest BCUT2D eigenvalue weighted by Crippen LogP contribution is 2.24. The molecule has 5 heteroatoms. The maximum Gasteiger partial charge on any atom is 0.133 e. The van der Waals surface area contributed by atoms with Crippen molar-refractivity contribution in [1.82, 2.24) is 4.90 Å². The first-order valence-corrected chi connectivity index (χ1v) is 9.93. The Hall–Kier alpha value is -1.40. The number of halogens is 1. The Morgan fingerprint density at radius 1 is 1.15 bits per heavy atom. The summed E-state index contributed by atoms with van der Waals surface area (Å²) in [6.07, 6.45) is 1.91. The van der Waals surface area contributed by atoms with E-state index in [1.54, 1.807) is 0 Å². The number of aliphatic hydroxyl groups is 1. The third kappa shape index (κ3) is 6.09. The molecule has 26 heavy (non-hydrogen) atoms. The van der Waals surface area contributed by atoms with Crippen LogP contribution in [0.5, 0.6) is 5.75 Å². The molecule has 0 amide bonds. The summed E-state index contributed by atoms with van der Waals surface area (Å²) in [4.78, 5) is 2.26. The Morgan fingerprint density at radius 2 is 1.92 bits per heavy atom. The van der Waals surface area contributed by atoms with Crippen LogP contribution in [0.2, 0.25) is 0 Å². The van der Waals surface area contributed by atoms with Crippen LogP contribution in [-0.2, 0) is 11.3 Å². The summed E-state index contributed by atoms with van der Waals surface area (Å²) in [5.74, 6) is 0.750. The van der Waals surface area contributed by atoms with Gasteiger partial charge in [0.1, 0.15) is 18.5 Å². The molecule has 4 nitrogen and oxygen atoms in total. The zero-order valence-electron chi connectivity index (χ0n) is 14.9. The summed E-state index contributed by atoms with van der Waals surface area (Å²) in [6, 6.07) is 18.0. The molecule has 2 aromatic carbocycles. The average Bonchev–Trinajstić information content (AvgIpc) is 3.15. The highest BCUT2D eigenvalue weighted by Gasteiger charge is 2.21. The van der Waals surface area contributed by atoms with Gasteiger partial charge >= 0.3 is 0 Å². The first-order chi connectivity index (χ1) is 12.7. The van der Waals surface area contributed by atoms with E-state index in [1.807, 2.05) is 42.5 Å². The lowest BCUT2D eigenvalue weighted by atomic mass is 10.1. The van der Waals surface area contributed by atoms with Crippen molar-refractivity contribution in [3.05, 3.63) is 64.6 Å². The van der Waals surface area contributed by atoms with E-state index in [0.717, 1.165) is 42.8 Å². The fourth-order valence-corrected chi connectivity index (χ4v) is 3.62. The highest BCUT2D eigenvalue weighted by atomic mass is 79.9. The molecular formula is C21H26BrNO3. The third-order valence-corrected chi connectivity index (χ3v) is 5.13. The fourth-order valence-electron chi connectivity index (χ4n) is 3.22. The molecule has 1 aliphatic heterocycles. The largest absolute Gasteiger partial charge is 0.490 e. The molecule has 0 radical (unpaired) electrons. The molecule has 140 valence electrons. The van der Waals surface area contributed by atoms with Crippen LogP contribution >= 0.6 is 15.9 Å². The summed E-state index contributed by atoms with van der Waals surface area (Å²) < 4.78 is 12.4. The molecule has 2 atom stereocenters. The molecule has 0 spiro atoms. The van der Waals surface area contributed by atoms with Gasteiger partial charge in [-0.1, -0.05) is 42.5 Å². The van der Waals surface area contributed by atoms with E-state index in [2.05, 4.69) is 33.0 Å². The molecule has 1 aliphatic rings. The molecule has 2 unspecified atom stereocenters. The minimum absolute atomic E-state index is 0.259. The zero-order valence-corrected chi connectivity index (χ0v) is 16.5. The second-order valence-corrected chi connectivity index (χ2v) is 7.56. The predicted octanol–water partition coefficient (Wildman–Crippen LogP) is 3.87. The van der Waals surface area contributed by atoms with Crippen LogP contribution in [0.3, 0.4) is 0 Å². The normalized spacial score (nSPS) is 18.2. The standard InChI is InChI=1S/C21H26BrNO3/c22-20-10-4-5-11-21(20)26-16-18(24)14-23(15-19-9-6-12-25-19)13-17-7-2-1-3-8-17/h1-5,7-8,10-11,18-19,24H,6,9,12-16H2. The van der Waals surface area contributed by atoms with Crippen LogP contribution in [0.4, 0.5) is 0 Å². The number of rotatable bonds is 9. The first kappa shape index (κ1) is 19.4. The van der Waals surface area contributed by atoms with Gasteiger partial charge in [0, 0.05) is 26.2 Å². The van der Waals surface area contributed by atoms with E-state index in [4.69, 9.17) is 9.47 Å². The maximum atomic E-state index is 10.5. The Labute approximate surface area is 163 Å². The van der Waals surface area contributed by atoms with Gasteiger partial charge in [0.05, 0.1) is 10.6 Å². The zero-order chi connectivity index (χ0) is 18.2. The van der Waals surface area contributed by atoms with Gasteiger partial charge < -0.3 is 14.6 Å². The summed E-state index contributed by atoms with van der Waals surface area (Å²) in [7, 11) is 0. The SMILES string of the molecule is OC(COc1ccccc1Br)CN(Cc1ccccc1)CC1CCCO1. The quantitative estimate of drug-likeness (QED) is 0.669. The molecule has 1 N–H and O–H groups in total. The minimum Gasteiger partial charge on any atom is -0.490 e. The number of para-hydroxylation sites is 1. The van der Waals surface area contributed by atoms with E-state index in [1.165, 1.54) is 5.56 Å². The molecule has 1 saturated heterocycles. The number of hydrogen-bond donors (Lipinski definition) is 1. The average molecular weight is 420 g/mol. The Bertz CT molecular complexity index is 661. The van der Waals surface area contributed by atoms with Crippen LogP contribution in [0, 0.1) is 0 Å². The summed E-state index contributed by atoms with van der Waals surface area (Å²) >= 11 is 3.47. The minimum atomic E-state index is -0.563. The highest BCUT2D eigenvalue weighted by molar-refractivity contribution is 9.10. The summed E-state index contributed by atoms with van der Waals surface area (Å²) in [5, 5.41) is 10.5. The van der Waals surface area contributed by atoms with Crippen molar-refractivity contribution >= 4 is 15.9 Å². The van der Waals surface area contributed by atoms with E-state index in [9.17, 15) is 5.11 Å². The maximum absolute atomic E-state index is 10.5. The van der Waals surface area contributed by atoms with E-state index in [0.29, 0.717) is 6.54 Å². The van der Waals surface area contributed by atoms with Crippen molar-refractivity contribution in [2.24, 2.45) is 0 Å². The molecule has 0 aliphatic carbocycles. The number of nitrogens with zero attached hydrogens (tertiary/aromatic N) is 1. The van der Waals surface area contributed by atoms with Gasteiger partial charge in [-0.05, 0) is 46.5 Å². The number of aliphatic hydroxyl groups excluding tert-OH is 1.